The minimum Gasteiger partial charge on any atom is -0.352 e. The molecule has 9 heteroatoms. The van der Waals surface area contributed by atoms with E-state index in [9.17, 15) is 13.2 Å². The standard InChI is InChI=1S/C10H15ClN4O3S/c1-7(16)13-8-3-4-15(5-8)19(17,18)10-9(11)14(2)6-12-10/h6,8H,3-5H2,1-2H3,(H,13,16). The van der Waals surface area contributed by atoms with Crippen LogP contribution >= 0.6 is 11.6 Å². The van der Waals surface area contributed by atoms with Gasteiger partial charge >= 0.3 is 0 Å². The lowest BCUT2D eigenvalue weighted by Gasteiger charge is -2.15. The summed E-state index contributed by atoms with van der Waals surface area (Å²) in [5.41, 5.74) is 0. The second-order valence-electron chi connectivity index (χ2n) is 4.50. The van der Waals surface area contributed by atoms with Crippen LogP contribution in [-0.2, 0) is 21.9 Å². The molecule has 0 bridgehead atoms. The number of aromatic nitrogens is 2. The number of sulfonamides is 1. The van der Waals surface area contributed by atoms with Crippen molar-refractivity contribution in [3.8, 4) is 0 Å². The molecule has 1 atom stereocenters. The van der Waals surface area contributed by atoms with Gasteiger partial charge in [-0.2, -0.15) is 4.31 Å². The number of imidazole rings is 1. The summed E-state index contributed by atoms with van der Waals surface area (Å²) < 4.78 is 27.4. The van der Waals surface area contributed by atoms with Crippen molar-refractivity contribution < 1.29 is 13.2 Å². The van der Waals surface area contributed by atoms with E-state index in [1.807, 2.05) is 0 Å². The van der Waals surface area contributed by atoms with Crippen molar-refractivity contribution in [1.29, 1.82) is 0 Å². The molecule has 1 aromatic heterocycles. The average molecular weight is 307 g/mol. The zero-order valence-electron chi connectivity index (χ0n) is 10.6. The van der Waals surface area contributed by atoms with Gasteiger partial charge < -0.3 is 9.88 Å². The molecule has 19 heavy (non-hydrogen) atoms. The zero-order chi connectivity index (χ0) is 14.2. The molecular weight excluding hydrogens is 292 g/mol. The van der Waals surface area contributed by atoms with Crippen molar-refractivity contribution in [2.24, 2.45) is 7.05 Å². The summed E-state index contributed by atoms with van der Waals surface area (Å²) >= 11 is 5.92. The highest BCUT2D eigenvalue weighted by Crippen LogP contribution is 2.25. The van der Waals surface area contributed by atoms with Crippen molar-refractivity contribution >= 4 is 27.5 Å². The highest BCUT2D eigenvalue weighted by molar-refractivity contribution is 7.89. The fourth-order valence-corrected chi connectivity index (χ4v) is 3.93. The Balaban J connectivity index is 2.18. The summed E-state index contributed by atoms with van der Waals surface area (Å²) in [5.74, 6) is -0.167. The van der Waals surface area contributed by atoms with Crippen LogP contribution in [0, 0.1) is 0 Å². The molecule has 1 saturated heterocycles. The predicted molar refractivity (Wildman–Crippen MR) is 69.2 cm³/mol. The topological polar surface area (TPSA) is 84.3 Å². The Labute approximate surface area is 116 Å². The Morgan fingerprint density at radius 3 is 2.79 bits per heavy atom. The smallest absolute Gasteiger partial charge is 0.263 e. The van der Waals surface area contributed by atoms with Gasteiger partial charge in [0, 0.05) is 33.1 Å². The molecule has 1 aliphatic heterocycles. The van der Waals surface area contributed by atoms with E-state index in [-0.39, 0.29) is 28.7 Å². The molecule has 0 aliphatic carbocycles. The van der Waals surface area contributed by atoms with E-state index in [1.165, 1.54) is 22.1 Å². The Morgan fingerprint density at radius 1 is 1.58 bits per heavy atom. The van der Waals surface area contributed by atoms with E-state index in [1.54, 1.807) is 7.05 Å². The Bertz CT molecular complexity index is 598. The summed E-state index contributed by atoms with van der Waals surface area (Å²) in [4.78, 5) is 14.8. The summed E-state index contributed by atoms with van der Waals surface area (Å²) in [6.45, 7) is 2.00. The number of carbonyl (C=O) groups excluding carboxylic acids is 1. The van der Waals surface area contributed by atoms with Gasteiger partial charge in [-0.25, -0.2) is 13.4 Å². The molecule has 106 valence electrons. The fraction of sp³-hybridized carbons (Fsp3) is 0.600. The van der Waals surface area contributed by atoms with Crippen molar-refractivity contribution in [3.63, 3.8) is 0 Å². The van der Waals surface area contributed by atoms with Gasteiger partial charge in [0.25, 0.3) is 10.0 Å². The molecule has 1 fully saturated rings. The molecular formula is C10H15ClN4O3S. The number of halogens is 1. The second kappa shape index (κ2) is 5.10. The SMILES string of the molecule is CC(=O)NC1CCN(S(=O)(=O)c2ncn(C)c2Cl)C1. The normalized spacial score (nSPS) is 20.7. The summed E-state index contributed by atoms with van der Waals surface area (Å²) in [6, 6.07) is -0.158. The second-order valence-corrected chi connectivity index (χ2v) is 6.71. The summed E-state index contributed by atoms with van der Waals surface area (Å²) in [5, 5.41) is 2.66. The average Bonchev–Trinajstić information content (AvgIpc) is 2.87. The van der Waals surface area contributed by atoms with Gasteiger partial charge in [-0.3, -0.25) is 4.79 Å². The molecule has 0 saturated carbocycles. The fourth-order valence-electron chi connectivity index (χ4n) is 2.04. The first kappa shape index (κ1) is 14.3. The number of carbonyl (C=O) groups is 1. The molecule has 0 radical (unpaired) electrons. The van der Waals surface area contributed by atoms with Crippen molar-refractivity contribution in [2.75, 3.05) is 13.1 Å². The first-order valence-corrected chi connectivity index (χ1v) is 7.58. The summed E-state index contributed by atoms with van der Waals surface area (Å²) in [6.07, 6.45) is 1.94. The molecule has 1 amide bonds. The third-order valence-corrected chi connectivity index (χ3v) is 5.33. The molecule has 1 aromatic rings. The third-order valence-electron chi connectivity index (χ3n) is 2.98. The van der Waals surface area contributed by atoms with E-state index in [0.717, 1.165) is 0 Å². The molecule has 1 N–H and O–H groups in total. The van der Waals surface area contributed by atoms with E-state index in [0.29, 0.717) is 13.0 Å². The van der Waals surface area contributed by atoms with E-state index < -0.39 is 10.0 Å². The number of nitrogens with one attached hydrogen (secondary N) is 1. The lowest BCUT2D eigenvalue weighted by molar-refractivity contribution is -0.119. The van der Waals surface area contributed by atoms with Crippen molar-refractivity contribution in [1.82, 2.24) is 19.2 Å². The van der Waals surface area contributed by atoms with Crippen LogP contribution in [0.25, 0.3) is 0 Å². The van der Waals surface area contributed by atoms with E-state index in [4.69, 9.17) is 11.6 Å². The molecule has 0 aromatic carbocycles. The van der Waals surface area contributed by atoms with Crippen LogP contribution in [-0.4, -0.2) is 47.3 Å². The maximum Gasteiger partial charge on any atom is 0.263 e. The number of hydrogen-bond acceptors (Lipinski definition) is 4. The minimum absolute atomic E-state index is 0.0861. The number of nitrogens with zero attached hydrogens (tertiary/aromatic N) is 3. The summed E-state index contributed by atoms with van der Waals surface area (Å²) in [7, 11) is -2.08. The maximum atomic E-state index is 12.4. The first-order chi connectivity index (χ1) is 8.82. The van der Waals surface area contributed by atoms with Gasteiger partial charge in [-0.15, -0.1) is 0 Å². The van der Waals surface area contributed by atoms with E-state index in [2.05, 4.69) is 10.3 Å². The quantitative estimate of drug-likeness (QED) is 0.850. The molecule has 7 nitrogen and oxygen atoms in total. The number of rotatable bonds is 3. The monoisotopic (exact) mass is 306 g/mol. The van der Waals surface area contributed by atoms with Crippen LogP contribution in [0.2, 0.25) is 5.15 Å². The zero-order valence-corrected chi connectivity index (χ0v) is 12.2. The lowest BCUT2D eigenvalue weighted by atomic mass is 10.3. The van der Waals surface area contributed by atoms with Crippen LogP contribution in [0.15, 0.2) is 11.4 Å². The van der Waals surface area contributed by atoms with Gasteiger partial charge in [0.1, 0.15) is 5.15 Å². The van der Waals surface area contributed by atoms with Crippen molar-refractivity contribution in [2.45, 2.75) is 24.4 Å². The van der Waals surface area contributed by atoms with Crippen LogP contribution in [0.4, 0.5) is 0 Å². The lowest BCUT2D eigenvalue weighted by Crippen LogP contribution is -2.37. The van der Waals surface area contributed by atoms with Crippen molar-refractivity contribution in [3.05, 3.63) is 11.5 Å². The largest absolute Gasteiger partial charge is 0.352 e. The minimum atomic E-state index is -3.70. The Kier molecular flexibility index (Phi) is 3.84. The number of hydrogen-bond donors (Lipinski definition) is 1. The Hall–Kier alpha value is -1.12. The van der Waals surface area contributed by atoms with Gasteiger partial charge in [0.2, 0.25) is 10.9 Å². The highest BCUT2D eigenvalue weighted by Gasteiger charge is 2.35. The van der Waals surface area contributed by atoms with Gasteiger partial charge in [-0.1, -0.05) is 11.6 Å². The Morgan fingerprint density at radius 2 is 2.26 bits per heavy atom. The van der Waals surface area contributed by atoms with Crippen LogP contribution in [0.5, 0.6) is 0 Å². The molecule has 1 aliphatic rings. The molecule has 2 heterocycles. The maximum absolute atomic E-state index is 12.4. The first-order valence-electron chi connectivity index (χ1n) is 5.76. The van der Waals surface area contributed by atoms with E-state index >= 15 is 0 Å². The highest BCUT2D eigenvalue weighted by atomic mass is 35.5. The van der Waals surface area contributed by atoms with Crippen LogP contribution in [0.3, 0.4) is 0 Å². The third kappa shape index (κ3) is 2.75. The van der Waals surface area contributed by atoms with Gasteiger partial charge in [0.15, 0.2) is 0 Å². The van der Waals surface area contributed by atoms with Gasteiger partial charge in [0.05, 0.1) is 6.33 Å². The molecule has 0 spiro atoms. The van der Waals surface area contributed by atoms with Crippen LogP contribution in [0.1, 0.15) is 13.3 Å². The molecule has 2 rings (SSSR count). The van der Waals surface area contributed by atoms with Crippen LogP contribution < -0.4 is 5.32 Å². The molecule has 1 unspecified atom stereocenters. The number of aryl methyl sites for hydroxylation is 1. The predicted octanol–water partition coefficient (Wildman–Crippen LogP) is -0.0274. The number of amides is 1. The van der Waals surface area contributed by atoms with Gasteiger partial charge in [-0.05, 0) is 6.42 Å².